The summed E-state index contributed by atoms with van der Waals surface area (Å²) in [5.74, 6) is 0.575. The van der Waals surface area contributed by atoms with Gasteiger partial charge in [0.15, 0.2) is 0 Å². The molecule has 13 heavy (non-hydrogen) atoms. The first-order valence-electron chi connectivity index (χ1n) is 3.80. The number of phenols is 1. The van der Waals surface area contributed by atoms with Crippen molar-refractivity contribution in [2.75, 3.05) is 7.11 Å². The monoisotopic (exact) mass is 176 g/mol. The third-order valence-corrected chi connectivity index (χ3v) is 1.74. The minimum Gasteiger partial charge on any atom is -0.506 e. The number of aromatic hydroxyl groups is 1. The quantitative estimate of drug-likeness (QED) is 0.712. The second kappa shape index (κ2) is 2.90. The van der Waals surface area contributed by atoms with Crippen molar-refractivity contribution in [3.63, 3.8) is 0 Å². The molecule has 0 aliphatic carbocycles. The zero-order valence-corrected chi connectivity index (χ0v) is 7.06. The summed E-state index contributed by atoms with van der Waals surface area (Å²) >= 11 is 0. The average molecular weight is 176 g/mol. The van der Waals surface area contributed by atoms with Crippen LogP contribution in [0.25, 0.3) is 11.0 Å². The lowest BCUT2D eigenvalue weighted by atomic mass is 10.3. The first-order valence-corrected chi connectivity index (χ1v) is 3.80. The van der Waals surface area contributed by atoms with Gasteiger partial charge in [-0.2, -0.15) is 0 Å². The number of phenolic OH excluding ortho intramolecular Hbond substituents is 1. The molecule has 0 saturated heterocycles. The first-order chi connectivity index (χ1) is 6.31. The van der Waals surface area contributed by atoms with E-state index in [0.717, 1.165) is 0 Å². The van der Waals surface area contributed by atoms with Gasteiger partial charge in [-0.05, 0) is 12.1 Å². The van der Waals surface area contributed by atoms with E-state index in [-0.39, 0.29) is 5.75 Å². The Kier molecular flexibility index (Phi) is 1.73. The fourth-order valence-electron chi connectivity index (χ4n) is 1.11. The molecule has 0 unspecified atom stereocenters. The van der Waals surface area contributed by atoms with Crippen LogP contribution in [0.2, 0.25) is 0 Å². The molecule has 0 fully saturated rings. The topological polar surface area (TPSA) is 55.2 Å². The summed E-state index contributed by atoms with van der Waals surface area (Å²) in [7, 11) is 1.53. The molecule has 4 heteroatoms. The Morgan fingerprint density at radius 1 is 1.38 bits per heavy atom. The van der Waals surface area contributed by atoms with E-state index in [1.165, 1.54) is 13.3 Å². The molecule has 1 N–H and O–H groups in total. The molecule has 2 rings (SSSR count). The fraction of sp³-hybridized carbons (Fsp3) is 0.111. The van der Waals surface area contributed by atoms with Crippen LogP contribution in [0.3, 0.4) is 0 Å². The van der Waals surface area contributed by atoms with Gasteiger partial charge in [0.05, 0.1) is 18.8 Å². The van der Waals surface area contributed by atoms with E-state index in [9.17, 15) is 5.11 Å². The van der Waals surface area contributed by atoms with Gasteiger partial charge in [-0.15, -0.1) is 0 Å². The maximum Gasteiger partial charge on any atom is 0.232 e. The summed E-state index contributed by atoms with van der Waals surface area (Å²) in [6, 6.07) is 5.06. The fourth-order valence-corrected chi connectivity index (χ4v) is 1.11. The SMILES string of the molecule is COc1cnc2c(O)cccc2n1. The van der Waals surface area contributed by atoms with Gasteiger partial charge >= 0.3 is 0 Å². The smallest absolute Gasteiger partial charge is 0.232 e. The van der Waals surface area contributed by atoms with Crippen molar-refractivity contribution in [2.24, 2.45) is 0 Å². The van der Waals surface area contributed by atoms with Gasteiger partial charge < -0.3 is 9.84 Å². The van der Waals surface area contributed by atoms with Gasteiger partial charge in [-0.3, -0.25) is 0 Å². The molecule has 0 spiro atoms. The van der Waals surface area contributed by atoms with Crippen molar-refractivity contribution in [2.45, 2.75) is 0 Å². The first kappa shape index (κ1) is 7.79. The van der Waals surface area contributed by atoms with Crippen molar-refractivity contribution in [3.8, 4) is 11.6 Å². The highest BCUT2D eigenvalue weighted by Gasteiger charge is 2.02. The van der Waals surface area contributed by atoms with Crippen LogP contribution in [0.4, 0.5) is 0 Å². The van der Waals surface area contributed by atoms with Crippen LogP contribution in [-0.4, -0.2) is 22.2 Å². The van der Waals surface area contributed by atoms with Gasteiger partial charge in [0.25, 0.3) is 0 Å². The molecule has 1 aromatic heterocycles. The van der Waals surface area contributed by atoms with Crippen molar-refractivity contribution in [3.05, 3.63) is 24.4 Å². The van der Waals surface area contributed by atoms with Crippen LogP contribution in [-0.2, 0) is 0 Å². The number of hydrogen-bond donors (Lipinski definition) is 1. The number of aromatic nitrogens is 2. The Morgan fingerprint density at radius 2 is 2.23 bits per heavy atom. The van der Waals surface area contributed by atoms with Crippen LogP contribution in [0.1, 0.15) is 0 Å². The number of rotatable bonds is 1. The minimum absolute atomic E-state index is 0.132. The second-order valence-corrected chi connectivity index (χ2v) is 2.56. The van der Waals surface area contributed by atoms with Crippen LogP contribution >= 0.6 is 0 Å². The van der Waals surface area contributed by atoms with E-state index in [1.807, 2.05) is 0 Å². The number of ether oxygens (including phenoxy) is 1. The largest absolute Gasteiger partial charge is 0.506 e. The summed E-state index contributed by atoms with van der Waals surface area (Å²) in [5.41, 5.74) is 1.11. The van der Waals surface area contributed by atoms with E-state index < -0.39 is 0 Å². The maximum absolute atomic E-state index is 9.39. The molecule has 66 valence electrons. The predicted molar refractivity (Wildman–Crippen MR) is 47.8 cm³/mol. The Bertz CT molecular complexity index is 443. The molecule has 0 aliphatic rings. The molecule has 0 bridgehead atoms. The molecule has 4 nitrogen and oxygen atoms in total. The van der Waals surface area contributed by atoms with E-state index in [0.29, 0.717) is 16.9 Å². The highest BCUT2D eigenvalue weighted by atomic mass is 16.5. The third-order valence-electron chi connectivity index (χ3n) is 1.74. The van der Waals surface area contributed by atoms with Crippen LogP contribution < -0.4 is 4.74 Å². The third kappa shape index (κ3) is 1.26. The lowest BCUT2D eigenvalue weighted by molar-refractivity contribution is 0.397. The van der Waals surface area contributed by atoms with Crippen molar-refractivity contribution in [1.82, 2.24) is 9.97 Å². The maximum atomic E-state index is 9.39. The summed E-state index contributed by atoms with van der Waals surface area (Å²) < 4.78 is 4.91. The predicted octanol–water partition coefficient (Wildman–Crippen LogP) is 1.34. The number of methoxy groups -OCH3 is 1. The highest BCUT2D eigenvalue weighted by Crippen LogP contribution is 2.21. The Morgan fingerprint density at radius 3 is 3.00 bits per heavy atom. The van der Waals surface area contributed by atoms with Crippen LogP contribution in [0.15, 0.2) is 24.4 Å². The Hall–Kier alpha value is -1.84. The van der Waals surface area contributed by atoms with Gasteiger partial charge in [0.2, 0.25) is 5.88 Å². The standard InChI is InChI=1S/C9H8N2O2/c1-13-8-5-10-9-6(11-8)3-2-4-7(9)12/h2-5,12H,1H3. The number of para-hydroxylation sites is 1. The molecule has 1 heterocycles. The van der Waals surface area contributed by atoms with Gasteiger partial charge in [-0.25, -0.2) is 9.97 Å². The van der Waals surface area contributed by atoms with E-state index in [4.69, 9.17) is 4.74 Å². The normalized spacial score (nSPS) is 10.2. The molecule has 0 atom stereocenters. The zero-order chi connectivity index (χ0) is 9.26. The Labute approximate surface area is 74.8 Å². The van der Waals surface area contributed by atoms with E-state index >= 15 is 0 Å². The lowest BCUT2D eigenvalue weighted by Gasteiger charge is -2.01. The molecule has 2 aromatic rings. The highest BCUT2D eigenvalue weighted by molar-refractivity contribution is 5.80. The van der Waals surface area contributed by atoms with Crippen molar-refractivity contribution in [1.29, 1.82) is 0 Å². The van der Waals surface area contributed by atoms with Crippen molar-refractivity contribution >= 4 is 11.0 Å². The van der Waals surface area contributed by atoms with Crippen molar-refractivity contribution < 1.29 is 9.84 Å². The minimum atomic E-state index is 0.132. The van der Waals surface area contributed by atoms with E-state index in [2.05, 4.69) is 9.97 Å². The van der Waals surface area contributed by atoms with Gasteiger partial charge in [-0.1, -0.05) is 6.07 Å². The summed E-state index contributed by atoms with van der Waals surface area (Å²) in [4.78, 5) is 8.12. The summed E-state index contributed by atoms with van der Waals surface area (Å²) in [5, 5.41) is 9.39. The number of benzene rings is 1. The molecule has 0 radical (unpaired) electrons. The molecule has 0 amide bonds. The molecule has 0 saturated carbocycles. The molecular weight excluding hydrogens is 168 g/mol. The van der Waals surface area contributed by atoms with Gasteiger partial charge in [0, 0.05) is 0 Å². The molecular formula is C9H8N2O2. The summed E-state index contributed by atoms with van der Waals surface area (Å²) in [6.07, 6.45) is 1.47. The molecule has 1 aromatic carbocycles. The summed E-state index contributed by atoms with van der Waals surface area (Å²) in [6.45, 7) is 0. The number of fused-ring (bicyclic) bond motifs is 1. The average Bonchev–Trinajstić information content (AvgIpc) is 2.18. The van der Waals surface area contributed by atoms with E-state index in [1.54, 1.807) is 18.2 Å². The zero-order valence-electron chi connectivity index (χ0n) is 7.06. The van der Waals surface area contributed by atoms with Crippen LogP contribution in [0, 0.1) is 0 Å². The Balaban J connectivity index is 2.72. The second-order valence-electron chi connectivity index (χ2n) is 2.56. The number of hydrogen-bond acceptors (Lipinski definition) is 4. The van der Waals surface area contributed by atoms with Crippen LogP contribution in [0.5, 0.6) is 11.6 Å². The van der Waals surface area contributed by atoms with Gasteiger partial charge in [0.1, 0.15) is 11.3 Å². The lowest BCUT2D eigenvalue weighted by Crippen LogP contribution is -1.90. The number of nitrogens with zero attached hydrogens (tertiary/aromatic N) is 2. The molecule has 0 aliphatic heterocycles.